The van der Waals surface area contributed by atoms with E-state index in [1.165, 1.54) is 35.2 Å². The van der Waals surface area contributed by atoms with Crippen molar-refractivity contribution in [3.05, 3.63) is 132 Å². The van der Waals surface area contributed by atoms with Gasteiger partial charge in [0.1, 0.15) is 18.4 Å². The van der Waals surface area contributed by atoms with E-state index in [0.29, 0.717) is 0 Å². The Hall–Kier alpha value is -4.50. The van der Waals surface area contributed by atoms with Crippen LogP contribution in [0.25, 0.3) is 0 Å². The van der Waals surface area contributed by atoms with Gasteiger partial charge in [0.2, 0.25) is 11.8 Å². The number of nitrogens with zero attached hydrogens (tertiary/aromatic N) is 2. The fourth-order valence-corrected chi connectivity index (χ4v) is 7.13. The molecule has 0 bridgehead atoms. The van der Waals surface area contributed by atoms with Crippen molar-refractivity contribution in [2.24, 2.45) is 0 Å². The lowest BCUT2D eigenvalue weighted by atomic mass is 10.0. The minimum Gasteiger partial charge on any atom is -0.352 e. The van der Waals surface area contributed by atoms with E-state index in [1.54, 1.807) is 12.1 Å². The van der Waals surface area contributed by atoms with Gasteiger partial charge in [0.15, 0.2) is 0 Å². The SMILES string of the molecule is Cc1ccc(S(=O)(=O)N(CC(=O)N(Cc2ccccc2)[C@@H](Cc2ccccc2)C(=O)NC2CCCC2)c2ccccc2F)cc1. The quantitative estimate of drug-likeness (QED) is 0.208. The third kappa shape index (κ3) is 7.97. The van der Waals surface area contributed by atoms with Crippen LogP contribution < -0.4 is 9.62 Å². The van der Waals surface area contributed by atoms with Crippen LogP contribution in [0.4, 0.5) is 10.1 Å². The second-order valence-corrected chi connectivity index (χ2v) is 13.3. The molecule has 7 nitrogen and oxygen atoms in total. The maximum atomic E-state index is 15.3. The van der Waals surface area contributed by atoms with Gasteiger partial charge in [-0.3, -0.25) is 13.9 Å². The highest BCUT2D eigenvalue weighted by molar-refractivity contribution is 7.92. The second-order valence-electron chi connectivity index (χ2n) is 11.5. The minimum atomic E-state index is -4.37. The number of carbonyl (C=O) groups is 2. The molecule has 45 heavy (non-hydrogen) atoms. The van der Waals surface area contributed by atoms with Gasteiger partial charge in [0.25, 0.3) is 10.0 Å². The Morgan fingerprint density at radius 2 is 1.40 bits per heavy atom. The van der Waals surface area contributed by atoms with E-state index in [9.17, 15) is 18.0 Å². The Kier molecular flexibility index (Phi) is 10.3. The number of amides is 2. The number of carbonyl (C=O) groups excluding carboxylic acids is 2. The van der Waals surface area contributed by atoms with Gasteiger partial charge >= 0.3 is 0 Å². The number of rotatable bonds is 12. The van der Waals surface area contributed by atoms with Gasteiger partial charge in [-0.25, -0.2) is 12.8 Å². The van der Waals surface area contributed by atoms with Crippen molar-refractivity contribution in [3.8, 4) is 0 Å². The molecule has 1 aliphatic rings. The molecule has 1 aliphatic carbocycles. The molecule has 0 unspecified atom stereocenters. The molecule has 1 saturated carbocycles. The lowest BCUT2D eigenvalue weighted by Gasteiger charge is -2.34. The van der Waals surface area contributed by atoms with E-state index in [4.69, 9.17) is 0 Å². The number of para-hydroxylation sites is 1. The number of halogens is 1. The molecule has 4 aromatic rings. The molecular formula is C36H38FN3O4S. The van der Waals surface area contributed by atoms with Crippen LogP contribution in [0.2, 0.25) is 0 Å². The summed E-state index contributed by atoms with van der Waals surface area (Å²) in [7, 11) is -4.37. The van der Waals surface area contributed by atoms with Crippen molar-refractivity contribution in [3.63, 3.8) is 0 Å². The summed E-state index contributed by atoms with van der Waals surface area (Å²) in [4.78, 5) is 29.8. The van der Waals surface area contributed by atoms with Crippen LogP contribution in [0.1, 0.15) is 42.4 Å². The molecular weight excluding hydrogens is 589 g/mol. The third-order valence-corrected chi connectivity index (χ3v) is 9.95. The molecule has 1 N–H and O–H groups in total. The number of benzene rings is 4. The fraction of sp³-hybridized carbons (Fsp3) is 0.278. The number of nitrogens with one attached hydrogen (secondary N) is 1. The molecule has 0 aliphatic heterocycles. The molecule has 0 spiro atoms. The van der Waals surface area contributed by atoms with Gasteiger partial charge in [-0.15, -0.1) is 0 Å². The number of hydrogen-bond donors (Lipinski definition) is 1. The lowest BCUT2D eigenvalue weighted by Crippen LogP contribution is -2.54. The van der Waals surface area contributed by atoms with E-state index in [2.05, 4.69) is 5.32 Å². The predicted octanol–water partition coefficient (Wildman–Crippen LogP) is 6.03. The first-order valence-corrected chi connectivity index (χ1v) is 16.7. The summed E-state index contributed by atoms with van der Waals surface area (Å²) < 4.78 is 44.2. The van der Waals surface area contributed by atoms with E-state index in [-0.39, 0.29) is 35.5 Å². The highest BCUT2D eigenvalue weighted by Crippen LogP contribution is 2.28. The van der Waals surface area contributed by atoms with Gasteiger partial charge < -0.3 is 10.2 Å². The summed E-state index contributed by atoms with van der Waals surface area (Å²) in [5, 5.41) is 3.15. The van der Waals surface area contributed by atoms with Crippen molar-refractivity contribution in [2.45, 2.75) is 62.6 Å². The number of anilines is 1. The van der Waals surface area contributed by atoms with Crippen LogP contribution in [0.5, 0.6) is 0 Å². The second kappa shape index (κ2) is 14.5. The summed E-state index contributed by atoms with van der Waals surface area (Å²) in [5.74, 6) is -1.70. The summed E-state index contributed by atoms with van der Waals surface area (Å²) in [6.07, 6.45) is 4.01. The Balaban J connectivity index is 1.56. The van der Waals surface area contributed by atoms with Crippen LogP contribution in [-0.2, 0) is 32.6 Å². The molecule has 234 valence electrons. The monoisotopic (exact) mass is 627 g/mol. The van der Waals surface area contributed by atoms with Crippen molar-refractivity contribution >= 4 is 27.5 Å². The first-order chi connectivity index (χ1) is 21.7. The smallest absolute Gasteiger partial charge is 0.264 e. The van der Waals surface area contributed by atoms with Crippen molar-refractivity contribution in [1.82, 2.24) is 10.2 Å². The Morgan fingerprint density at radius 3 is 2.02 bits per heavy atom. The molecule has 0 radical (unpaired) electrons. The van der Waals surface area contributed by atoms with E-state index in [1.807, 2.05) is 67.6 Å². The maximum Gasteiger partial charge on any atom is 0.264 e. The molecule has 9 heteroatoms. The van der Waals surface area contributed by atoms with Gasteiger partial charge in [-0.1, -0.05) is 103 Å². The van der Waals surface area contributed by atoms with Crippen molar-refractivity contribution < 1.29 is 22.4 Å². The highest BCUT2D eigenvalue weighted by Gasteiger charge is 2.36. The van der Waals surface area contributed by atoms with E-state index in [0.717, 1.165) is 52.7 Å². The zero-order valence-corrected chi connectivity index (χ0v) is 26.1. The summed E-state index contributed by atoms with van der Waals surface area (Å²) in [6.45, 7) is 1.19. The molecule has 4 aromatic carbocycles. The van der Waals surface area contributed by atoms with E-state index >= 15 is 4.39 Å². The number of aryl methyl sites for hydroxylation is 1. The first-order valence-electron chi connectivity index (χ1n) is 15.2. The summed E-state index contributed by atoms with van der Waals surface area (Å²) >= 11 is 0. The first kappa shape index (κ1) is 31.9. The summed E-state index contributed by atoms with van der Waals surface area (Å²) in [6, 6.07) is 29.4. The zero-order valence-electron chi connectivity index (χ0n) is 25.3. The maximum absolute atomic E-state index is 15.3. The number of hydrogen-bond acceptors (Lipinski definition) is 4. The average Bonchev–Trinajstić information content (AvgIpc) is 3.56. The Bertz CT molecular complexity index is 1690. The molecule has 5 rings (SSSR count). The third-order valence-electron chi connectivity index (χ3n) is 8.18. The van der Waals surface area contributed by atoms with Gasteiger partial charge in [0, 0.05) is 19.0 Å². The van der Waals surface area contributed by atoms with Crippen LogP contribution in [0.15, 0.2) is 114 Å². The van der Waals surface area contributed by atoms with Gasteiger partial charge in [0.05, 0.1) is 10.6 Å². The van der Waals surface area contributed by atoms with Crippen LogP contribution in [0.3, 0.4) is 0 Å². The van der Waals surface area contributed by atoms with Gasteiger partial charge in [-0.2, -0.15) is 0 Å². The average molecular weight is 628 g/mol. The highest BCUT2D eigenvalue weighted by atomic mass is 32.2. The van der Waals surface area contributed by atoms with E-state index < -0.39 is 34.3 Å². The molecule has 0 aromatic heterocycles. The standard InChI is InChI=1S/C36H38FN3O4S/c1-27-20-22-31(23-21-27)45(43,44)40(33-19-11-10-18-32(33)37)26-35(41)39(25-29-14-6-3-7-15-29)34(24-28-12-4-2-5-13-28)36(42)38-30-16-8-9-17-30/h2-7,10-15,18-23,30,34H,8-9,16-17,24-26H2,1H3,(H,38,42)/t34-/m0/s1. The normalized spacial score (nSPS) is 14.1. The lowest BCUT2D eigenvalue weighted by molar-refractivity contribution is -0.140. The fourth-order valence-electron chi connectivity index (χ4n) is 5.71. The van der Waals surface area contributed by atoms with Crippen molar-refractivity contribution in [1.29, 1.82) is 0 Å². The minimum absolute atomic E-state index is 0.0151. The molecule has 1 atom stereocenters. The molecule has 1 fully saturated rings. The van der Waals surface area contributed by atoms with Gasteiger partial charge in [-0.05, 0) is 55.2 Å². The van der Waals surface area contributed by atoms with Crippen LogP contribution in [-0.4, -0.2) is 43.8 Å². The molecule has 2 amide bonds. The number of sulfonamides is 1. The molecule has 0 heterocycles. The largest absolute Gasteiger partial charge is 0.352 e. The molecule has 0 saturated heterocycles. The van der Waals surface area contributed by atoms with Crippen molar-refractivity contribution in [2.75, 3.05) is 10.8 Å². The Labute approximate surface area is 264 Å². The predicted molar refractivity (Wildman–Crippen MR) is 173 cm³/mol. The summed E-state index contributed by atoms with van der Waals surface area (Å²) in [5.41, 5.74) is 2.24. The zero-order chi connectivity index (χ0) is 31.8. The topological polar surface area (TPSA) is 86.8 Å². The van der Waals surface area contributed by atoms with Crippen LogP contribution >= 0.6 is 0 Å². The van der Waals surface area contributed by atoms with Crippen LogP contribution in [0, 0.1) is 12.7 Å². The Morgan fingerprint density at radius 1 is 0.822 bits per heavy atom.